The van der Waals surface area contributed by atoms with Crippen LogP contribution in [0, 0.1) is 0 Å². The fourth-order valence-corrected chi connectivity index (χ4v) is 5.93. The number of para-hydroxylation sites is 1. The second kappa shape index (κ2) is 11.2. The average molecular weight is 648 g/mol. The van der Waals surface area contributed by atoms with Gasteiger partial charge in [-0.2, -0.15) is 21.6 Å². The van der Waals surface area contributed by atoms with Crippen molar-refractivity contribution in [3.63, 3.8) is 0 Å². The summed E-state index contributed by atoms with van der Waals surface area (Å²) in [5.41, 5.74) is -3.20. The van der Waals surface area contributed by atoms with Crippen molar-refractivity contribution in [1.29, 1.82) is 0 Å². The number of carbonyl (C=O) groups excluding carboxylic acids is 1. The molecule has 0 bridgehead atoms. The summed E-state index contributed by atoms with van der Waals surface area (Å²) in [5.74, 6) is 0.101. The van der Waals surface area contributed by atoms with E-state index in [0.717, 1.165) is 12.8 Å². The minimum Gasteiger partial charge on any atom is -0.472 e. The number of nitrogens with zero attached hydrogens (tertiary/aromatic N) is 2. The molecule has 0 fully saturated rings. The molecule has 0 atom stereocenters. The molecule has 0 radical (unpaired) electrons. The highest BCUT2D eigenvalue weighted by Gasteiger charge is 2.46. The zero-order valence-corrected chi connectivity index (χ0v) is 23.9. The first-order valence-electron chi connectivity index (χ1n) is 11.7. The normalized spacial score (nSPS) is 12.2. The molecule has 4 rings (SSSR count). The first kappa shape index (κ1) is 29.0. The van der Waals surface area contributed by atoms with Gasteiger partial charge in [0, 0.05) is 34.6 Å². The highest BCUT2D eigenvalue weighted by atomic mass is 79.9. The van der Waals surface area contributed by atoms with Crippen LogP contribution in [0.3, 0.4) is 0 Å². The Labute approximate surface area is 236 Å². The first-order chi connectivity index (χ1) is 18.4. The smallest absolute Gasteiger partial charge is 0.472 e. The molecular weight excluding hydrogens is 625 g/mol. The van der Waals surface area contributed by atoms with Crippen LogP contribution in [0.5, 0.6) is 0 Å². The Balaban J connectivity index is 1.97. The van der Waals surface area contributed by atoms with Crippen LogP contribution in [0.4, 0.5) is 18.9 Å². The van der Waals surface area contributed by atoms with Crippen molar-refractivity contribution < 1.29 is 30.8 Å². The maximum Gasteiger partial charge on any atom is 0.516 e. The summed E-state index contributed by atoms with van der Waals surface area (Å²) in [6.07, 6.45) is 5.08. The number of nitrogens with one attached hydrogen (secondary N) is 2. The topological polar surface area (TPSA) is 106 Å². The number of unbranched alkanes of at least 4 members (excludes halogenated alkanes) is 1. The summed E-state index contributed by atoms with van der Waals surface area (Å²) in [7, 11) is -4.24. The molecule has 1 aromatic heterocycles. The van der Waals surface area contributed by atoms with Crippen LogP contribution >= 0.6 is 27.5 Å². The van der Waals surface area contributed by atoms with Crippen molar-refractivity contribution in [1.82, 2.24) is 14.9 Å². The number of benzene rings is 1. The summed E-state index contributed by atoms with van der Waals surface area (Å²) < 4.78 is 72.9. The summed E-state index contributed by atoms with van der Waals surface area (Å²) >= 11 is 9.93. The van der Waals surface area contributed by atoms with Crippen LogP contribution < -0.4 is 10.0 Å². The lowest BCUT2D eigenvalue weighted by atomic mass is 10.0. The number of amides is 1. The number of anilines is 1. The number of carbonyl (C=O) groups is 1. The third kappa shape index (κ3) is 5.52. The molecule has 0 saturated heterocycles. The van der Waals surface area contributed by atoms with Crippen molar-refractivity contribution in [2.45, 2.75) is 38.2 Å². The number of alkyl halides is 3. The molecule has 2 heterocycles. The monoisotopic (exact) mass is 646 g/mol. The Morgan fingerprint density at radius 1 is 1.18 bits per heavy atom. The Morgan fingerprint density at radius 2 is 1.90 bits per heavy atom. The Morgan fingerprint density at radius 3 is 2.56 bits per heavy atom. The molecule has 2 aromatic rings. The molecule has 208 valence electrons. The Bertz CT molecular complexity index is 1600. The van der Waals surface area contributed by atoms with Gasteiger partial charge in [-0.1, -0.05) is 43.1 Å². The Hall–Kier alpha value is -3.03. The molecule has 2 N–H and O–H groups in total. The third-order valence-electron chi connectivity index (χ3n) is 6.13. The fraction of sp³-hybridized carbons (Fsp3) is 0.280. The summed E-state index contributed by atoms with van der Waals surface area (Å²) in [6, 6.07) is 7.44. The zero-order valence-electron chi connectivity index (χ0n) is 20.7. The molecule has 0 saturated carbocycles. The van der Waals surface area contributed by atoms with Gasteiger partial charge < -0.3 is 14.3 Å². The standard InChI is InChI=1S/C25H23BrClF3N4O4S/c1-3-4-9-19-32-23(27)22(24(35)31-2)34(19)12-16-14-10-11-38-13-17(14)21(26)20(16)15-7-5-6-8-18(15)33-39(36,37)25(28,29)30/h5-8,10-11,13,33H,3-4,9,12H2,1-2H3,(H,31,35). The van der Waals surface area contributed by atoms with Gasteiger partial charge in [0.25, 0.3) is 5.91 Å². The number of aromatic nitrogens is 2. The third-order valence-corrected chi connectivity index (χ3v) is 8.32. The van der Waals surface area contributed by atoms with Crippen LogP contribution in [0.15, 0.2) is 51.7 Å². The number of hydrogen-bond acceptors (Lipinski definition) is 5. The zero-order chi connectivity index (χ0) is 28.5. The van der Waals surface area contributed by atoms with Crippen LogP contribution in [0.25, 0.3) is 22.3 Å². The molecule has 0 spiro atoms. The van der Waals surface area contributed by atoms with Crippen LogP contribution in [0.1, 0.15) is 41.6 Å². The second-order valence-electron chi connectivity index (χ2n) is 8.58. The maximum atomic E-state index is 13.2. The van der Waals surface area contributed by atoms with E-state index in [2.05, 4.69) is 26.2 Å². The lowest BCUT2D eigenvalue weighted by molar-refractivity contribution is -0.0429. The van der Waals surface area contributed by atoms with E-state index in [4.69, 9.17) is 16.0 Å². The van der Waals surface area contributed by atoms with E-state index in [1.807, 2.05) is 6.92 Å². The molecule has 1 aliphatic heterocycles. The summed E-state index contributed by atoms with van der Waals surface area (Å²) in [5, 5.41) is 2.58. The van der Waals surface area contributed by atoms with Gasteiger partial charge in [-0.15, -0.1) is 0 Å². The molecule has 1 aliphatic carbocycles. The van der Waals surface area contributed by atoms with Gasteiger partial charge in [0.2, 0.25) is 0 Å². The molecule has 0 unspecified atom stereocenters. The van der Waals surface area contributed by atoms with Gasteiger partial charge in [0.1, 0.15) is 11.5 Å². The largest absolute Gasteiger partial charge is 0.516 e. The lowest BCUT2D eigenvalue weighted by Crippen LogP contribution is -2.30. The van der Waals surface area contributed by atoms with Crippen molar-refractivity contribution in [2.75, 3.05) is 11.8 Å². The number of imidazole rings is 1. The van der Waals surface area contributed by atoms with Gasteiger partial charge in [-0.3, -0.25) is 9.52 Å². The van der Waals surface area contributed by atoms with Gasteiger partial charge >= 0.3 is 15.5 Å². The van der Waals surface area contributed by atoms with Crippen molar-refractivity contribution in [3.8, 4) is 22.3 Å². The number of sulfonamides is 1. The second-order valence-corrected chi connectivity index (χ2v) is 11.4. The number of fused-ring (bicyclic) bond motifs is 1. The highest BCUT2D eigenvalue weighted by Crippen LogP contribution is 2.48. The Kier molecular flexibility index (Phi) is 8.33. The summed E-state index contributed by atoms with van der Waals surface area (Å²) in [4.78, 5) is 17.2. The lowest BCUT2D eigenvalue weighted by Gasteiger charge is -2.17. The van der Waals surface area contributed by atoms with Crippen molar-refractivity contribution in [3.05, 3.63) is 69.6 Å². The minimum absolute atomic E-state index is 0.0188. The molecule has 39 heavy (non-hydrogen) atoms. The molecule has 2 aliphatic rings. The predicted octanol–water partition coefficient (Wildman–Crippen LogP) is 6.68. The van der Waals surface area contributed by atoms with Crippen LogP contribution in [0.2, 0.25) is 5.15 Å². The van der Waals surface area contributed by atoms with Crippen molar-refractivity contribution >= 4 is 49.1 Å². The first-order valence-corrected chi connectivity index (χ1v) is 14.4. The van der Waals surface area contributed by atoms with Gasteiger partial charge in [0.15, 0.2) is 5.15 Å². The van der Waals surface area contributed by atoms with E-state index < -0.39 is 21.4 Å². The minimum atomic E-state index is -5.70. The van der Waals surface area contributed by atoms with Crippen LogP contribution in [-0.2, 0) is 23.0 Å². The number of rotatable bonds is 9. The molecule has 1 amide bonds. The van der Waals surface area contributed by atoms with Gasteiger partial charge in [-0.05, 0) is 45.6 Å². The van der Waals surface area contributed by atoms with Crippen molar-refractivity contribution in [2.24, 2.45) is 0 Å². The molecule has 1 aromatic carbocycles. The fourth-order valence-electron chi connectivity index (χ4n) is 4.30. The molecule has 14 heteroatoms. The average Bonchev–Trinajstić information content (AvgIpc) is 3.35. The van der Waals surface area contributed by atoms with E-state index in [1.54, 1.807) is 21.4 Å². The number of aryl methyl sites for hydroxylation is 1. The summed E-state index contributed by atoms with van der Waals surface area (Å²) in [6.45, 7) is 2.07. The van der Waals surface area contributed by atoms with E-state index in [-0.39, 0.29) is 28.6 Å². The van der Waals surface area contributed by atoms with Crippen LogP contribution in [-0.4, -0.2) is 36.4 Å². The van der Waals surface area contributed by atoms with E-state index in [0.29, 0.717) is 39.0 Å². The van der Waals surface area contributed by atoms with E-state index in [1.165, 1.54) is 37.8 Å². The number of halogens is 5. The SMILES string of the molecule is CCCCc1nc(Cl)c(C(=O)NC)n1Cc1c2ccocc-2c(Br)c1-c1ccccc1NS(=O)(=O)C(F)(F)F. The molecule has 8 nitrogen and oxygen atoms in total. The van der Waals surface area contributed by atoms with Gasteiger partial charge in [-0.25, -0.2) is 4.98 Å². The maximum absolute atomic E-state index is 13.2. The quantitative estimate of drug-likeness (QED) is 0.211. The van der Waals surface area contributed by atoms with E-state index >= 15 is 0 Å². The number of hydrogen-bond donors (Lipinski definition) is 2. The predicted molar refractivity (Wildman–Crippen MR) is 145 cm³/mol. The van der Waals surface area contributed by atoms with Gasteiger partial charge in [0.05, 0.1) is 24.8 Å². The van der Waals surface area contributed by atoms with E-state index in [9.17, 15) is 26.4 Å². The highest BCUT2D eigenvalue weighted by molar-refractivity contribution is 9.10. The molecular formula is C25H23BrClF3N4O4S.